The Labute approximate surface area is 185 Å². The van der Waals surface area contributed by atoms with Crippen LogP contribution >= 0.6 is 0 Å². The highest BCUT2D eigenvalue weighted by Crippen LogP contribution is 2.35. The number of alkyl halides is 6. The van der Waals surface area contributed by atoms with Crippen molar-refractivity contribution in [1.82, 2.24) is 0 Å². The van der Waals surface area contributed by atoms with Gasteiger partial charge < -0.3 is 19.5 Å². The molecule has 0 unspecified atom stereocenters. The first-order chi connectivity index (χ1) is 15.8. The molecule has 2 N–H and O–H groups in total. The first kappa shape index (κ1) is 24.4. The molecule has 1 aromatic heterocycles. The summed E-state index contributed by atoms with van der Waals surface area (Å²) in [5.74, 6) is -5.24. The molecule has 0 spiro atoms. The van der Waals surface area contributed by atoms with E-state index in [1.165, 1.54) is 12.1 Å². The van der Waals surface area contributed by atoms with Crippen molar-refractivity contribution in [3.8, 4) is 23.0 Å². The number of rotatable bonds is 6. The SMILES string of the molecule is O=C(Nc1cc[n+](O)cc1)c1c(F)cc(OC(F)(F)F)cc1Oc1ccc(OC(F)(F)F)cc1. The Kier molecular flexibility index (Phi) is 6.70. The largest absolute Gasteiger partial charge is 0.573 e. The van der Waals surface area contributed by atoms with E-state index in [9.17, 15) is 40.7 Å². The molecule has 0 aliphatic rings. The molecular weight excluding hydrogens is 481 g/mol. The number of hydrogen-bond acceptors (Lipinski definition) is 5. The summed E-state index contributed by atoms with van der Waals surface area (Å²) in [6.45, 7) is 0. The summed E-state index contributed by atoms with van der Waals surface area (Å²) in [6, 6.07) is 6.94. The molecule has 1 heterocycles. The Bertz CT molecular complexity index is 1160. The molecule has 0 saturated heterocycles. The summed E-state index contributed by atoms with van der Waals surface area (Å²) in [5.41, 5.74) is -0.740. The van der Waals surface area contributed by atoms with Gasteiger partial charge in [0.25, 0.3) is 5.91 Å². The molecule has 2 aromatic carbocycles. The third-order valence-corrected chi connectivity index (χ3v) is 3.84. The van der Waals surface area contributed by atoms with E-state index < -0.39 is 47.3 Å². The number of halogens is 7. The topological polar surface area (TPSA) is 80.9 Å². The highest BCUT2D eigenvalue weighted by Gasteiger charge is 2.33. The third-order valence-electron chi connectivity index (χ3n) is 3.84. The van der Waals surface area contributed by atoms with Crippen molar-refractivity contribution in [2.75, 3.05) is 5.32 Å². The summed E-state index contributed by atoms with van der Waals surface area (Å²) in [5, 5.41) is 11.5. The van der Waals surface area contributed by atoms with Crippen LogP contribution in [-0.2, 0) is 0 Å². The predicted molar refractivity (Wildman–Crippen MR) is 98.1 cm³/mol. The van der Waals surface area contributed by atoms with E-state index in [0.717, 1.165) is 36.7 Å². The number of hydrogen-bond donors (Lipinski definition) is 2. The quantitative estimate of drug-likeness (QED) is 0.281. The van der Waals surface area contributed by atoms with Gasteiger partial charge in [0.05, 0.1) is 5.69 Å². The predicted octanol–water partition coefficient (Wildman–Crippen LogP) is 5.19. The van der Waals surface area contributed by atoms with Crippen molar-refractivity contribution in [3.05, 3.63) is 72.3 Å². The highest BCUT2D eigenvalue weighted by atomic mass is 19.4. The number of carbonyl (C=O) groups excluding carboxylic acids is 1. The van der Waals surface area contributed by atoms with Gasteiger partial charge in [0.2, 0.25) is 12.4 Å². The Balaban J connectivity index is 1.94. The molecular formula is C20H12F7N2O5+. The average molecular weight is 493 g/mol. The zero-order valence-corrected chi connectivity index (χ0v) is 16.4. The third kappa shape index (κ3) is 6.88. The highest BCUT2D eigenvalue weighted by molar-refractivity contribution is 6.06. The fourth-order valence-electron chi connectivity index (χ4n) is 2.58. The number of pyridine rings is 1. The number of carbonyl (C=O) groups is 1. The van der Waals surface area contributed by atoms with Gasteiger partial charge in [-0.25, -0.2) is 4.39 Å². The number of nitrogens with one attached hydrogen (secondary N) is 1. The van der Waals surface area contributed by atoms with E-state index in [-0.39, 0.29) is 11.4 Å². The van der Waals surface area contributed by atoms with Gasteiger partial charge >= 0.3 is 12.7 Å². The molecule has 1 amide bonds. The van der Waals surface area contributed by atoms with Crippen LogP contribution < -0.4 is 24.3 Å². The molecule has 0 aliphatic heterocycles. The normalized spacial score (nSPS) is 11.6. The Morgan fingerprint density at radius 3 is 1.91 bits per heavy atom. The lowest BCUT2D eigenvalue weighted by Crippen LogP contribution is -2.28. The minimum absolute atomic E-state index is 0.0879. The van der Waals surface area contributed by atoms with Gasteiger partial charge in [0.1, 0.15) is 34.4 Å². The zero-order valence-electron chi connectivity index (χ0n) is 16.4. The number of aromatic nitrogens is 1. The maximum Gasteiger partial charge on any atom is 0.573 e. The molecule has 0 atom stereocenters. The molecule has 7 nitrogen and oxygen atoms in total. The van der Waals surface area contributed by atoms with Crippen LogP contribution in [0, 0.1) is 5.82 Å². The molecule has 3 aromatic rings. The van der Waals surface area contributed by atoms with Crippen LogP contribution in [0.1, 0.15) is 10.4 Å². The van der Waals surface area contributed by atoms with E-state index in [1.807, 2.05) is 0 Å². The number of ether oxygens (including phenoxy) is 3. The maximum atomic E-state index is 14.7. The number of amides is 1. The monoisotopic (exact) mass is 493 g/mol. The average Bonchev–Trinajstić information content (AvgIpc) is 2.68. The first-order valence-corrected chi connectivity index (χ1v) is 8.94. The van der Waals surface area contributed by atoms with Crippen LogP contribution in [0.15, 0.2) is 60.9 Å². The van der Waals surface area contributed by atoms with Crippen LogP contribution in [0.4, 0.5) is 36.4 Å². The molecule has 0 bridgehead atoms. The van der Waals surface area contributed by atoms with Gasteiger partial charge in [-0.05, 0) is 24.3 Å². The molecule has 0 radical (unpaired) electrons. The Morgan fingerprint density at radius 1 is 0.824 bits per heavy atom. The van der Waals surface area contributed by atoms with Crippen molar-refractivity contribution in [2.24, 2.45) is 0 Å². The van der Waals surface area contributed by atoms with Crippen LogP contribution in [0.25, 0.3) is 0 Å². The van der Waals surface area contributed by atoms with Crippen LogP contribution in [0.5, 0.6) is 23.0 Å². The van der Waals surface area contributed by atoms with Gasteiger partial charge in [0.15, 0.2) is 0 Å². The lowest BCUT2D eigenvalue weighted by atomic mass is 10.1. The molecule has 0 fully saturated rings. The molecule has 14 heteroatoms. The lowest BCUT2D eigenvalue weighted by molar-refractivity contribution is -0.904. The van der Waals surface area contributed by atoms with Gasteiger partial charge in [-0.1, -0.05) is 0 Å². The van der Waals surface area contributed by atoms with Crippen LogP contribution in [0.3, 0.4) is 0 Å². The smallest absolute Gasteiger partial charge is 0.456 e. The van der Waals surface area contributed by atoms with Gasteiger partial charge in [0, 0.05) is 29.0 Å². The summed E-state index contributed by atoms with van der Waals surface area (Å²) >= 11 is 0. The second-order valence-electron chi connectivity index (χ2n) is 6.37. The van der Waals surface area contributed by atoms with Gasteiger partial charge in [-0.15, -0.1) is 26.3 Å². The first-order valence-electron chi connectivity index (χ1n) is 8.94. The second-order valence-corrected chi connectivity index (χ2v) is 6.37. The van der Waals surface area contributed by atoms with Crippen LogP contribution in [0.2, 0.25) is 0 Å². The van der Waals surface area contributed by atoms with E-state index in [4.69, 9.17) is 4.74 Å². The maximum absolute atomic E-state index is 14.7. The van der Waals surface area contributed by atoms with Crippen LogP contribution in [-0.4, -0.2) is 23.8 Å². The lowest BCUT2D eigenvalue weighted by Gasteiger charge is -2.16. The van der Waals surface area contributed by atoms with E-state index in [1.54, 1.807) is 0 Å². The summed E-state index contributed by atoms with van der Waals surface area (Å²) in [4.78, 5) is 12.6. The molecule has 0 aliphatic carbocycles. The number of anilines is 1. The van der Waals surface area contributed by atoms with Crippen molar-refractivity contribution < 1.29 is 59.7 Å². The van der Waals surface area contributed by atoms with E-state index in [0.29, 0.717) is 16.9 Å². The molecule has 180 valence electrons. The summed E-state index contributed by atoms with van der Waals surface area (Å²) in [7, 11) is 0. The van der Waals surface area contributed by atoms with Crippen molar-refractivity contribution in [2.45, 2.75) is 12.7 Å². The van der Waals surface area contributed by atoms with Gasteiger partial charge in [-0.2, -0.15) is 0 Å². The zero-order chi connectivity index (χ0) is 25.1. The second kappa shape index (κ2) is 9.33. The van der Waals surface area contributed by atoms with E-state index >= 15 is 0 Å². The van der Waals surface area contributed by atoms with Crippen molar-refractivity contribution in [3.63, 3.8) is 0 Å². The van der Waals surface area contributed by atoms with Gasteiger partial charge in [-0.3, -0.25) is 10.0 Å². The van der Waals surface area contributed by atoms with Crippen molar-refractivity contribution >= 4 is 11.6 Å². The fourth-order valence-corrected chi connectivity index (χ4v) is 2.58. The fraction of sp³-hybridized carbons (Fsp3) is 0.100. The van der Waals surface area contributed by atoms with E-state index in [2.05, 4.69) is 14.8 Å². The summed E-state index contributed by atoms with van der Waals surface area (Å²) < 4.78 is 103. The molecule has 0 saturated carbocycles. The Morgan fingerprint density at radius 2 is 1.35 bits per heavy atom. The Hall–Kier alpha value is -4.23. The number of nitrogens with zero attached hydrogens (tertiary/aromatic N) is 1. The molecule has 34 heavy (non-hydrogen) atoms. The number of benzene rings is 2. The standard InChI is InChI=1S/C20H11F7N2O5/c21-15-9-14(34-20(25,26)27)10-16(17(15)18(30)28-11-5-7-29(31)8-6-11)32-12-1-3-13(4-2-12)33-19(22,23)24/h1-10,31H/p+1. The summed E-state index contributed by atoms with van der Waals surface area (Å²) in [6.07, 6.45) is -7.89. The molecule has 3 rings (SSSR count). The van der Waals surface area contributed by atoms with Crippen molar-refractivity contribution in [1.29, 1.82) is 0 Å². The minimum atomic E-state index is -5.19. The minimum Gasteiger partial charge on any atom is -0.456 e.